The Kier molecular flexibility index (Phi) is 1.77. The largest absolute Gasteiger partial charge is 0.433 e. The van der Waals surface area contributed by atoms with E-state index in [0.29, 0.717) is 5.82 Å². The van der Waals surface area contributed by atoms with Gasteiger partial charge in [-0.05, 0) is 13.0 Å². The quantitative estimate of drug-likeness (QED) is 0.532. The summed E-state index contributed by atoms with van der Waals surface area (Å²) in [6, 6.07) is 2.64. The second-order valence-electron chi connectivity index (χ2n) is 2.54. The SMILES string of the molecule is Cc1noc(-c2ccc([N+](=O)[O-])o2)n1. The minimum atomic E-state index is -0.632. The maximum atomic E-state index is 10.3. The van der Waals surface area contributed by atoms with Crippen molar-refractivity contribution in [2.24, 2.45) is 0 Å². The van der Waals surface area contributed by atoms with Gasteiger partial charge >= 0.3 is 5.88 Å². The molecule has 0 radical (unpaired) electrons. The van der Waals surface area contributed by atoms with Crippen LogP contribution in [0, 0.1) is 17.0 Å². The van der Waals surface area contributed by atoms with Gasteiger partial charge in [-0.3, -0.25) is 10.1 Å². The van der Waals surface area contributed by atoms with E-state index in [4.69, 9.17) is 8.94 Å². The van der Waals surface area contributed by atoms with Crippen molar-refractivity contribution in [2.45, 2.75) is 6.92 Å². The Morgan fingerprint density at radius 2 is 2.29 bits per heavy atom. The van der Waals surface area contributed by atoms with E-state index >= 15 is 0 Å². The first-order valence-corrected chi connectivity index (χ1v) is 3.72. The first kappa shape index (κ1) is 8.42. The van der Waals surface area contributed by atoms with E-state index in [9.17, 15) is 10.1 Å². The zero-order valence-electron chi connectivity index (χ0n) is 7.13. The molecule has 0 fully saturated rings. The van der Waals surface area contributed by atoms with Crippen LogP contribution in [0.4, 0.5) is 5.88 Å². The zero-order valence-corrected chi connectivity index (χ0v) is 7.13. The molecule has 0 aliphatic rings. The molecule has 2 aromatic rings. The van der Waals surface area contributed by atoms with Crippen LogP contribution in [0.2, 0.25) is 0 Å². The minimum Gasteiger partial charge on any atom is -0.395 e. The number of nitro groups is 1. The molecule has 0 aliphatic carbocycles. The Morgan fingerprint density at radius 1 is 1.50 bits per heavy atom. The van der Waals surface area contributed by atoms with Gasteiger partial charge in [-0.25, -0.2) is 0 Å². The van der Waals surface area contributed by atoms with Crippen molar-refractivity contribution in [2.75, 3.05) is 0 Å². The van der Waals surface area contributed by atoms with Gasteiger partial charge in [0.05, 0.1) is 6.07 Å². The smallest absolute Gasteiger partial charge is 0.395 e. The van der Waals surface area contributed by atoms with Crippen LogP contribution in [0.5, 0.6) is 0 Å². The van der Waals surface area contributed by atoms with Gasteiger partial charge in [0.15, 0.2) is 11.6 Å². The Labute approximate surface area is 77.5 Å². The van der Waals surface area contributed by atoms with Gasteiger partial charge in [-0.2, -0.15) is 4.98 Å². The van der Waals surface area contributed by atoms with Crippen LogP contribution in [0.25, 0.3) is 11.7 Å². The Hall–Kier alpha value is -2.18. The van der Waals surface area contributed by atoms with Gasteiger partial charge < -0.3 is 8.94 Å². The molecule has 0 aromatic carbocycles. The fraction of sp³-hybridized carbons (Fsp3) is 0.143. The first-order valence-electron chi connectivity index (χ1n) is 3.72. The number of nitrogens with zero attached hydrogens (tertiary/aromatic N) is 3. The van der Waals surface area contributed by atoms with E-state index < -0.39 is 4.92 Å². The molecule has 2 heterocycles. The molecule has 0 atom stereocenters. The molecule has 0 saturated heterocycles. The van der Waals surface area contributed by atoms with Crippen molar-refractivity contribution in [3.05, 3.63) is 28.1 Å². The molecular formula is C7H5N3O4. The second kappa shape index (κ2) is 2.95. The molecule has 0 spiro atoms. The summed E-state index contributed by atoms with van der Waals surface area (Å²) < 4.78 is 9.62. The average Bonchev–Trinajstić information content (AvgIpc) is 2.70. The molecule has 2 aromatic heterocycles. The summed E-state index contributed by atoms with van der Waals surface area (Å²) in [6.07, 6.45) is 0. The van der Waals surface area contributed by atoms with Crippen molar-refractivity contribution in [3.8, 4) is 11.7 Å². The van der Waals surface area contributed by atoms with E-state index in [0.717, 1.165) is 0 Å². The molecule has 0 amide bonds. The van der Waals surface area contributed by atoms with E-state index in [2.05, 4.69) is 10.1 Å². The number of furan rings is 1. The number of hydrogen-bond donors (Lipinski definition) is 0. The van der Waals surface area contributed by atoms with Crippen LogP contribution in [0.3, 0.4) is 0 Å². The van der Waals surface area contributed by atoms with Crippen LogP contribution < -0.4 is 0 Å². The van der Waals surface area contributed by atoms with E-state index in [1.165, 1.54) is 12.1 Å². The monoisotopic (exact) mass is 195 g/mol. The summed E-state index contributed by atoms with van der Waals surface area (Å²) in [5.41, 5.74) is 0. The summed E-state index contributed by atoms with van der Waals surface area (Å²) in [7, 11) is 0. The number of hydrogen-bond acceptors (Lipinski definition) is 6. The van der Waals surface area contributed by atoms with Crippen molar-refractivity contribution in [3.63, 3.8) is 0 Å². The lowest BCUT2D eigenvalue weighted by Crippen LogP contribution is -1.82. The minimum absolute atomic E-state index is 0.135. The van der Waals surface area contributed by atoms with Crippen LogP contribution in [0.15, 0.2) is 21.1 Å². The molecule has 14 heavy (non-hydrogen) atoms. The van der Waals surface area contributed by atoms with Crippen LogP contribution >= 0.6 is 0 Å². The highest BCUT2D eigenvalue weighted by Crippen LogP contribution is 2.24. The highest BCUT2D eigenvalue weighted by atomic mass is 16.6. The molecule has 7 nitrogen and oxygen atoms in total. The van der Waals surface area contributed by atoms with Crippen LogP contribution in [-0.2, 0) is 0 Å². The predicted octanol–water partition coefficient (Wildman–Crippen LogP) is 1.55. The van der Waals surface area contributed by atoms with E-state index in [1.54, 1.807) is 6.92 Å². The van der Waals surface area contributed by atoms with Crippen LogP contribution in [-0.4, -0.2) is 15.1 Å². The molecule has 0 unspecified atom stereocenters. The summed E-state index contributed by atoms with van der Waals surface area (Å²) in [4.78, 5) is 13.5. The molecule has 0 aliphatic heterocycles. The highest BCUT2D eigenvalue weighted by Gasteiger charge is 2.16. The Morgan fingerprint density at radius 3 is 2.79 bits per heavy atom. The van der Waals surface area contributed by atoms with Crippen molar-refractivity contribution < 1.29 is 13.9 Å². The van der Waals surface area contributed by atoms with E-state index in [1.807, 2.05) is 0 Å². The van der Waals surface area contributed by atoms with Gasteiger partial charge in [0.25, 0.3) is 5.89 Å². The predicted molar refractivity (Wildman–Crippen MR) is 43.4 cm³/mol. The molecule has 7 heteroatoms. The summed E-state index contributed by atoms with van der Waals surface area (Å²) in [6.45, 7) is 1.64. The maximum absolute atomic E-state index is 10.3. The van der Waals surface area contributed by atoms with Crippen LogP contribution in [0.1, 0.15) is 5.82 Å². The third-order valence-electron chi connectivity index (χ3n) is 1.51. The molecule has 0 N–H and O–H groups in total. The van der Waals surface area contributed by atoms with Gasteiger partial charge in [0, 0.05) is 0 Å². The third kappa shape index (κ3) is 1.35. The lowest BCUT2D eigenvalue weighted by molar-refractivity contribution is -0.401. The third-order valence-corrected chi connectivity index (χ3v) is 1.51. The molecule has 0 bridgehead atoms. The standard InChI is InChI=1S/C7H5N3O4/c1-4-8-7(14-9-4)5-2-3-6(13-5)10(11)12/h2-3H,1H3. The topological polar surface area (TPSA) is 95.2 Å². The zero-order chi connectivity index (χ0) is 10.1. The number of aromatic nitrogens is 2. The van der Waals surface area contributed by atoms with Gasteiger partial charge in [-0.1, -0.05) is 5.16 Å². The lowest BCUT2D eigenvalue weighted by Gasteiger charge is -1.83. The van der Waals surface area contributed by atoms with Crippen molar-refractivity contribution in [1.82, 2.24) is 10.1 Å². The molecule has 2 rings (SSSR count). The summed E-state index contributed by atoms with van der Waals surface area (Å²) in [5.74, 6) is 0.419. The number of aryl methyl sites for hydroxylation is 1. The number of rotatable bonds is 2. The highest BCUT2D eigenvalue weighted by molar-refractivity contribution is 5.46. The van der Waals surface area contributed by atoms with Gasteiger partial charge in [0.2, 0.25) is 0 Å². The summed E-state index contributed by atoms with van der Waals surface area (Å²) in [5, 5.41) is 13.8. The average molecular weight is 195 g/mol. The Bertz CT molecular complexity index is 473. The van der Waals surface area contributed by atoms with E-state index in [-0.39, 0.29) is 17.5 Å². The van der Waals surface area contributed by atoms with Gasteiger partial charge in [0.1, 0.15) is 4.92 Å². The molecular weight excluding hydrogens is 190 g/mol. The molecule has 0 saturated carbocycles. The Balaban J connectivity index is 2.38. The van der Waals surface area contributed by atoms with Crippen molar-refractivity contribution in [1.29, 1.82) is 0 Å². The second-order valence-corrected chi connectivity index (χ2v) is 2.54. The first-order chi connectivity index (χ1) is 6.66. The normalized spacial score (nSPS) is 10.4. The fourth-order valence-corrected chi connectivity index (χ4v) is 0.938. The fourth-order valence-electron chi connectivity index (χ4n) is 0.938. The molecule has 72 valence electrons. The lowest BCUT2D eigenvalue weighted by atomic mass is 10.4. The maximum Gasteiger partial charge on any atom is 0.433 e. The van der Waals surface area contributed by atoms with Crippen molar-refractivity contribution >= 4 is 5.88 Å². The summed E-state index contributed by atoms with van der Waals surface area (Å²) >= 11 is 0. The van der Waals surface area contributed by atoms with Gasteiger partial charge in [-0.15, -0.1) is 0 Å².